The van der Waals surface area contributed by atoms with Crippen molar-refractivity contribution in [3.8, 4) is 0 Å². The first-order chi connectivity index (χ1) is 7.72. The van der Waals surface area contributed by atoms with Gasteiger partial charge in [-0.25, -0.2) is 0 Å². The van der Waals surface area contributed by atoms with Crippen LogP contribution in [0.2, 0.25) is 0 Å². The summed E-state index contributed by atoms with van der Waals surface area (Å²) in [5.41, 5.74) is 0.749. The number of rotatable bonds is 3. The summed E-state index contributed by atoms with van der Waals surface area (Å²) in [6.07, 6.45) is 1.33. The molecule has 2 aromatic rings. The third-order valence-corrected chi connectivity index (χ3v) is 2.56. The second-order valence-corrected chi connectivity index (χ2v) is 4.00. The number of aliphatic hydroxyl groups excluding tert-OH is 1. The van der Waals surface area contributed by atoms with Gasteiger partial charge in [0.25, 0.3) is 0 Å². The molecule has 0 saturated heterocycles. The molecule has 2 rings (SSSR count). The molecule has 0 aliphatic rings. The Morgan fingerprint density at radius 2 is 2.19 bits per heavy atom. The van der Waals surface area contributed by atoms with Gasteiger partial charge in [0.15, 0.2) is 0 Å². The van der Waals surface area contributed by atoms with E-state index in [4.69, 9.17) is 5.11 Å². The summed E-state index contributed by atoms with van der Waals surface area (Å²) in [4.78, 5) is 11.6. The maximum absolute atomic E-state index is 11.6. The lowest BCUT2D eigenvalue weighted by Crippen LogP contribution is -2.17. The van der Waals surface area contributed by atoms with Crippen LogP contribution in [0.3, 0.4) is 0 Å². The highest BCUT2D eigenvalue weighted by Gasteiger charge is 2.06. The van der Waals surface area contributed by atoms with Crippen molar-refractivity contribution in [1.29, 1.82) is 0 Å². The molecule has 1 unspecified atom stereocenters. The molecule has 4 heteroatoms. The van der Waals surface area contributed by atoms with E-state index in [0.717, 1.165) is 5.52 Å². The molecule has 0 aliphatic carbocycles. The normalized spacial score (nSPS) is 12.9. The zero-order valence-electron chi connectivity index (χ0n) is 9.13. The Bertz CT molecular complexity index is 548. The molecule has 0 amide bonds. The average Bonchev–Trinajstić information content (AvgIpc) is 2.33. The van der Waals surface area contributed by atoms with Crippen molar-refractivity contribution in [2.45, 2.75) is 13.5 Å². The molecule has 16 heavy (non-hydrogen) atoms. The van der Waals surface area contributed by atoms with Crippen molar-refractivity contribution in [3.05, 3.63) is 40.7 Å². The number of nitrogens with zero attached hydrogens (tertiary/aromatic N) is 2. The Hall–Kier alpha value is -1.68. The third-order valence-electron chi connectivity index (χ3n) is 2.56. The number of benzene rings is 1. The Kier molecular flexibility index (Phi) is 3.01. The summed E-state index contributed by atoms with van der Waals surface area (Å²) in [5.74, 6) is 0.124. The van der Waals surface area contributed by atoms with Crippen LogP contribution in [0.1, 0.15) is 6.92 Å². The topological polar surface area (TPSA) is 55.1 Å². The standard InChI is InChI=1S/C12H14N2O2/c1-9(8-15)7-14-11-5-3-2-4-10(11)12(16)6-13-14/h2-6,9,15H,7-8H2,1H3. The van der Waals surface area contributed by atoms with E-state index in [-0.39, 0.29) is 18.0 Å². The van der Waals surface area contributed by atoms with E-state index < -0.39 is 0 Å². The van der Waals surface area contributed by atoms with Crippen LogP contribution >= 0.6 is 0 Å². The third kappa shape index (κ3) is 1.97. The monoisotopic (exact) mass is 218 g/mol. The van der Waals surface area contributed by atoms with Gasteiger partial charge in [-0.05, 0) is 18.1 Å². The lowest BCUT2D eigenvalue weighted by Gasteiger charge is -2.12. The minimum absolute atomic E-state index is 0.0662. The first-order valence-corrected chi connectivity index (χ1v) is 5.28. The van der Waals surface area contributed by atoms with Crippen molar-refractivity contribution < 1.29 is 5.11 Å². The molecule has 0 spiro atoms. The summed E-state index contributed by atoms with van der Waals surface area (Å²) in [6.45, 7) is 2.66. The molecule has 0 radical (unpaired) electrons. The molecule has 1 aromatic carbocycles. The maximum Gasteiger partial charge on any atom is 0.207 e. The molecule has 0 aliphatic heterocycles. The van der Waals surface area contributed by atoms with Crippen molar-refractivity contribution in [1.82, 2.24) is 9.78 Å². The number of aliphatic hydroxyl groups is 1. The fourth-order valence-corrected chi connectivity index (χ4v) is 1.66. The minimum atomic E-state index is -0.0662. The van der Waals surface area contributed by atoms with E-state index >= 15 is 0 Å². The van der Waals surface area contributed by atoms with E-state index in [9.17, 15) is 4.79 Å². The summed E-state index contributed by atoms with van der Waals surface area (Å²) in [7, 11) is 0. The average molecular weight is 218 g/mol. The van der Waals surface area contributed by atoms with Crippen LogP contribution in [-0.4, -0.2) is 21.5 Å². The first-order valence-electron chi connectivity index (χ1n) is 5.28. The van der Waals surface area contributed by atoms with E-state index in [0.29, 0.717) is 11.9 Å². The Labute approximate surface area is 93.1 Å². The molecule has 84 valence electrons. The van der Waals surface area contributed by atoms with E-state index in [1.165, 1.54) is 6.20 Å². The van der Waals surface area contributed by atoms with Gasteiger partial charge in [0, 0.05) is 18.5 Å². The summed E-state index contributed by atoms with van der Waals surface area (Å²) in [6, 6.07) is 7.38. The molecule has 0 fully saturated rings. The molecule has 1 aromatic heterocycles. The van der Waals surface area contributed by atoms with Crippen LogP contribution in [0.5, 0.6) is 0 Å². The van der Waals surface area contributed by atoms with E-state index in [2.05, 4.69) is 5.10 Å². The van der Waals surface area contributed by atoms with Gasteiger partial charge in [0.2, 0.25) is 5.43 Å². The number of para-hydroxylation sites is 1. The van der Waals surface area contributed by atoms with Crippen molar-refractivity contribution in [2.24, 2.45) is 5.92 Å². The van der Waals surface area contributed by atoms with Crippen LogP contribution in [-0.2, 0) is 6.54 Å². The van der Waals surface area contributed by atoms with Gasteiger partial charge < -0.3 is 5.11 Å². The Balaban J connectivity index is 2.54. The highest BCUT2D eigenvalue weighted by atomic mass is 16.3. The van der Waals surface area contributed by atoms with Crippen molar-refractivity contribution in [2.75, 3.05) is 6.61 Å². The van der Waals surface area contributed by atoms with Gasteiger partial charge in [-0.2, -0.15) is 5.10 Å². The van der Waals surface area contributed by atoms with Gasteiger partial charge in [-0.1, -0.05) is 19.1 Å². The van der Waals surface area contributed by atoms with Gasteiger partial charge >= 0.3 is 0 Å². The highest BCUT2D eigenvalue weighted by molar-refractivity contribution is 5.77. The van der Waals surface area contributed by atoms with Crippen LogP contribution in [0.15, 0.2) is 35.3 Å². The molecule has 1 atom stereocenters. The lowest BCUT2D eigenvalue weighted by atomic mass is 10.2. The highest BCUT2D eigenvalue weighted by Crippen LogP contribution is 2.09. The quantitative estimate of drug-likeness (QED) is 0.837. The summed E-state index contributed by atoms with van der Waals surface area (Å²) >= 11 is 0. The van der Waals surface area contributed by atoms with Gasteiger partial charge in [0.1, 0.15) is 0 Å². The van der Waals surface area contributed by atoms with Gasteiger partial charge in [-0.3, -0.25) is 9.48 Å². The van der Waals surface area contributed by atoms with Crippen LogP contribution < -0.4 is 5.43 Å². The molecule has 1 heterocycles. The molecule has 0 saturated carbocycles. The van der Waals surface area contributed by atoms with E-state index in [1.807, 2.05) is 25.1 Å². The predicted molar refractivity (Wildman–Crippen MR) is 62.3 cm³/mol. The zero-order chi connectivity index (χ0) is 11.5. The van der Waals surface area contributed by atoms with Crippen molar-refractivity contribution >= 4 is 10.9 Å². The second-order valence-electron chi connectivity index (χ2n) is 4.00. The first kappa shape index (κ1) is 10.8. The largest absolute Gasteiger partial charge is 0.396 e. The number of aromatic nitrogens is 2. The second kappa shape index (κ2) is 4.45. The Morgan fingerprint density at radius 3 is 2.94 bits per heavy atom. The minimum Gasteiger partial charge on any atom is -0.396 e. The molecule has 4 nitrogen and oxygen atoms in total. The van der Waals surface area contributed by atoms with Crippen LogP contribution in [0.25, 0.3) is 10.9 Å². The van der Waals surface area contributed by atoms with E-state index in [1.54, 1.807) is 10.7 Å². The maximum atomic E-state index is 11.6. The van der Waals surface area contributed by atoms with Crippen LogP contribution in [0, 0.1) is 5.92 Å². The van der Waals surface area contributed by atoms with Crippen LogP contribution in [0.4, 0.5) is 0 Å². The number of hydrogen-bond acceptors (Lipinski definition) is 3. The number of fused-ring (bicyclic) bond motifs is 1. The SMILES string of the molecule is CC(CO)Cn1ncc(=O)c2ccccc21. The molecular formula is C12H14N2O2. The summed E-state index contributed by atoms with van der Waals surface area (Å²) < 4.78 is 1.76. The molecule has 0 bridgehead atoms. The zero-order valence-corrected chi connectivity index (χ0v) is 9.13. The molecular weight excluding hydrogens is 204 g/mol. The van der Waals surface area contributed by atoms with Crippen molar-refractivity contribution in [3.63, 3.8) is 0 Å². The number of hydrogen-bond donors (Lipinski definition) is 1. The Morgan fingerprint density at radius 1 is 1.44 bits per heavy atom. The van der Waals surface area contributed by atoms with Gasteiger partial charge in [0.05, 0.1) is 11.7 Å². The fourth-order valence-electron chi connectivity index (χ4n) is 1.66. The predicted octanol–water partition coefficient (Wildman–Crippen LogP) is 1.02. The fraction of sp³-hybridized carbons (Fsp3) is 0.333. The summed E-state index contributed by atoms with van der Waals surface area (Å²) in [5, 5.41) is 13.8. The molecule has 1 N–H and O–H groups in total. The lowest BCUT2D eigenvalue weighted by molar-refractivity contribution is 0.220. The smallest absolute Gasteiger partial charge is 0.207 e. The van der Waals surface area contributed by atoms with Gasteiger partial charge in [-0.15, -0.1) is 0 Å².